The lowest BCUT2D eigenvalue weighted by molar-refractivity contribution is 0.0757. The second-order valence-corrected chi connectivity index (χ2v) is 6.21. The standard InChI is InChI=1S/C16H27NO/c1-14-8-4-5-9-15(14)12-18-11-7-6-10-16(2,3)13-17/h4-5,14-15H,6-12H2,1-3H3. The van der Waals surface area contributed by atoms with Crippen LogP contribution in [0.4, 0.5) is 0 Å². The fourth-order valence-electron chi connectivity index (χ4n) is 2.30. The highest BCUT2D eigenvalue weighted by Crippen LogP contribution is 2.25. The third-order valence-electron chi connectivity index (χ3n) is 3.89. The van der Waals surface area contributed by atoms with Gasteiger partial charge in [-0.05, 0) is 57.8 Å². The van der Waals surface area contributed by atoms with E-state index in [0.717, 1.165) is 38.4 Å². The monoisotopic (exact) mass is 249 g/mol. The van der Waals surface area contributed by atoms with E-state index >= 15 is 0 Å². The van der Waals surface area contributed by atoms with E-state index in [1.807, 2.05) is 13.8 Å². The van der Waals surface area contributed by atoms with E-state index in [0.29, 0.717) is 5.92 Å². The van der Waals surface area contributed by atoms with Crippen molar-refractivity contribution in [3.63, 3.8) is 0 Å². The van der Waals surface area contributed by atoms with E-state index in [2.05, 4.69) is 25.1 Å². The van der Waals surface area contributed by atoms with Crippen molar-refractivity contribution in [1.82, 2.24) is 0 Å². The van der Waals surface area contributed by atoms with Crippen LogP contribution in [0.5, 0.6) is 0 Å². The summed E-state index contributed by atoms with van der Waals surface area (Å²) in [6, 6.07) is 2.34. The number of unbranched alkanes of at least 4 members (excludes halogenated alkanes) is 1. The number of hydrogen-bond acceptors (Lipinski definition) is 2. The lowest BCUT2D eigenvalue weighted by Crippen LogP contribution is -2.19. The molecule has 1 rings (SSSR count). The molecule has 0 saturated carbocycles. The number of allylic oxidation sites excluding steroid dienone is 2. The van der Waals surface area contributed by atoms with Gasteiger partial charge in [0.15, 0.2) is 0 Å². The first kappa shape index (κ1) is 15.2. The average molecular weight is 249 g/mol. The van der Waals surface area contributed by atoms with Gasteiger partial charge in [-0.25, -0.2) is 0 Å². The lowest BCUT2D eigenvalue weighted by atomic mass is 9.85. The maximum Gasteiger partial charge on any atom is 0.0683 e. The number of ether oxygens (including phenoxy) is 1. The largest absolute Gasteiger partial charge is 0.381 e. The van der Waals surface area contributed by atoms with Crippen LogP contribution in [0.1, 0.15) is 52.9 Å². The van der Waals surface area contributed by atoms with Gasteiger partial charge < -0.3 is 4.74 Å². The highest BCUT2D eigenvalue weighted by Gasteiger charge is 2.18. The van der Waals surface area contributed by atoms with Crippen LogP contribution < -0.4 is 0 Å². The smallest absolute Gasteiger partial charge is 0.0683 e. The first-order valence-electron chi connectivity index (χ1n) is 7.19. The van der Waals surface area contributed by atoms with Crippen molar-refractivity contribution >= 4 is 0 Å². The maximum atomic E-state index is 8.91. The van der Waals surface area contributed by atoms with Crippen LogP contribution in [-0.4, -0.2) is 13.2 Å². The summed E-state index contributed by atoms with van der Waals surface area (Å²) in [4.78, 5) is 0. The summed E-state index contributed by atoms with van der Waals surface area (Å²) in [5, 5.41) is 8.91. The molecule has 102 valence electrons. The minimum atomic E-state index is -0.178. The Hall–Kier alpha value is -0.810. The molecule has 0 radical (unpaired) electrons. The molecule has 2 atom stereocenters. The number of nitrogens with zero attached hydrogens (tertiary/aromatic N) is 1. The summed E-state index contributed by atoms with van der Waals surface area (Å²) in [6.07, 6.45) is 10.1. The average Bonchev–Trinajstić information content (AvgIpc) is 2.35. The summed E-state index contributed by atoms with van der Waals surface area (Å²) in [7, 11) is 0. The molecule has 0 spiro atoms. The number of hydrogen-bond donors (Lipinski definition) is 0. The Morgan fingerprint density at radius 1 is 1.28 bits per heavy atom. The Labute approximate surface area is 112 Å². The fraction of sp³-hybridized carbons (Fsp3) is 0.812. The van der Waals surface area contributed by atoms with Gasteiger partial charge >= 0.3 is 0 Å². The van der Waals surface area contributed by atoms with Gasteiger partial charge in [0.1, 0.15) is 0 Å². The summed E-state index contributed by atoms with van der Waals surface area (Å²) >= 11 is 0. The Bertz CT molecular complexity index is 301. The van der Waals surface area contributed by atoms with Crippen LogP contribution in [0, 0.1) is 28.6 Å². The number of rotatable bonds is 7. The lowest BCUT2D eigenvalue weighted by Gasteiger charge is -2.25. The van der Waals surface area contributed by atoms with Gasteiger partial charge in [-0.3, -0.25) is 0 Å². The minimum Gasteiger partial charge on any atom is -0.381 e. The number of nitriles is 1. The SMILES string of the molecule is CC1CC=CCC1COCCCCC(C)(C)C#N. The van der Waals surface area contributed by atoms with Crippen LogP contribution >= 0.6 is 0 Å². The Morgan fingerprint density at radius 2 is 2.00 bits per heavy atom. The predicted molar refractivity (Wildman–Crippen MR) is 75.1 cm³/mol. The first-order valence-corrected chi connectivity index (χ1v) is 7.19. The molecule has 2 heteroatoms. The van der Waals surface area contributed by atoms with Crippen molar-refractivity contribution in [2.45, 2.75) is 52.9 Å². The molecule has 2 unspecified atom stereocenters. The second kappa shape index (κ2) is 7.59. The summed E-state index contributed by atoms with van der Waals surface area (Å²) in [5.74, 6) is 1.46. The molecule has 0 bridgehead atoms. The van der Waals surface area contributed by atoms with Crippen LogP contribution in [0.15, 0.2) is 12.2 Å². The third-order valence-corrected chi connectivity index (χ3v) is 3.89. The molecule has 0 aromatic rings. The quantitative estimate of drug-likeness (QED) is 0.497. The molecule has 2 nitrogen and oxygen atoms in total. The molecule has 1 aliphatic rings. The van der Waals surface area contributed by atoms with Crippen LogP contribution in [0.2, 0.25) is 0 Å². The summed E-state index contributed by atoms with van der Waals surface area (Å²) < 4.78 is 5.78. The van der Waals surface area contributed by atoms with Crippen molar-refractivity contribution in [3.05, 3.63) is 12.2 Å². The van der Waals surface area contributed by atoms with Gasteiger partial charge in [-0.15, -0.1) is 0 Å². The van der Waals surface area contributed by atoms with Gasteiger partial charge in [0, 0.05) is 13.2 Å². The normalized spacial score (nSPS) is 23.9. The molecular weight excluding hydrogens is 222 g/mol. The summed E-state index contributed by atoms with van der Waals surface area (Å²) in [6.45, 7) is 8.06. The molecule has 0 heterocycles. The first-order chi connectivity index (χ1) is 8.55. The van der Waals surface area contributed by atoms with Crippen LogP contribution in [-0.2, 0) is 4.74 Å². The van der Waals surface area contributed by atoms with Crippen molar-refractivity contribution in [2.24, 2.45) is 17.3 Å². The zero-order valence-electron chi connectivity index (χ0n) is 12.1. The predicted octanol–water partition coefficient (Wildman–Crippen LogP) is 4.33. The molecule has 18 heavy (non-hydrogen) atoms. The van der Waals surface area contributed by atoms with Crippen molar-refractivity contribution < 1.29 is 4.74 Å². The van der Waals surface area contributed by atoms with Crippen LogP contribution in [0.3, 0.4) is 0 Å². The van der Waals surface area contributed by atoms with Crippen molar-refractivity contribution in [2.75, 3.05) is 13.2 Å². The molecular formula is C16H27NO. The molecule has 0 aromatic carbocycles. The molecule has 0 N–H and O–H groups in total. The zero-order valence-corrected chi connectivity index (χ0v) is 12.1. The molecule has 0 fully saturated rings. The van der Waals surface area contributed by atoms with Crippen LogP contribution in [0.25, 0.3) is 0 Å². The van der Waals surface area contributed by atoms with Gasteiger partial charge in [-0.1, -0.05) is 19.1 Å². The fourth-order valence-corrected chi connectivity index (χ4v) is 2.30. The van der Waals surface area contributed by atoms with E-state index in [4.69, 9.17) is 10.00 Å². The highest BCUT2D eigenvalue weighted by atomic mass is 16.5. The zero-order chi connectivity index (χ0) is 13.4. The minimum absolute atomic E-state index is 0.178. The van der Waals surface area contributed by atoms with Gasteiger partial charge in [0.05, 0.1) is 11.5 Å². The van der Waals surface area contributed by atoms with E-state index in [9.17, 15) is 0 Å². The van der Waals surface area contributed by atoms with E-state index in [1.54, 1.807) is 0 Å². The topological polar surface area (TPSA) is 33.0 Å². The Balaban J connectivity index is 2.02. The Morgan fingerprint density at radius 3 is 2.67 bits per heavy atom. The third kappa shape index (κ3) is 5.69. The summed E-state index contributed by atoms with van der Waals surface area (Å²) in [5.41, 5.74) is -0.178. The van der Waals surface area contributed by atoms with E-state index < -0.39 is 0 Å². The van der Waals surface area contributed by atoms with Gasteiger partial charge in [0.2, 0.25) is 0 Å². The molecule has 0 saturated heterocycles. The molecule has 0 aromatic heterocycles. The highest BCUT2D eigenvalue weighted by molar-refractivity contribution is 4.93. The maximum absolute atomic E-state index is 8.91. The molecule has 0 amide bonds. The Kier molecular flexibility index (Phi) is 6.43. The van der Waals surface area contributed by atoms with Crippen molar-refractivity contribution in [3.8, 4) is 6.07 Å². The van der Waals surface area contributed by atoms with E-state index in [1.165, 1.54) is 12.8 Å². The molecule has 0 aliphatic heterocycles. The van der Waals surface area contributed by atoms with Gasteiger partial charge in [0.25, 0.3) is 0 Å². The molecule has 1 aliphatic carbocycles. The van der Waals surface area contributed by atoms with Crippen molar-refractivity contribution in [1.29, 1.82) is 5.26 Å². The van der Waals surface area contributed by atoms with E-state index in [-0.39, 0.29) is 5.41 Å². The second-order valence-electron chi connectivity index (χ2n) is 6.21. The van der Waals surface area contributed by atoms with Gasteiger partial charge in [-0.2, -0.15) is 5.26 Å².